The number of hydrogen-bond acceptors (Lipinski definition) is 8. The van der Waals surface area contributed by atoms with Gasteiger partial charge in [0.1, 0.15) is 11.2 Å². The Morgan fingerprint density at radius 2 is 0.971 bits per heavy atom. The summed E-state index contributed by atoms with van der Waals surface area (Å²) in [4.78, 5) is 27.0. The summed E-state index contributed by atoms with van der Waals surface area (Å²) in [5.41, 5.74) is -0.962. The van der Waals surface area contributed by atoms with E-state index in [9.17, 15) is 19.8 Å². The van der Waals surface area contributed by atoms with Crippen molar-refractivity contribution in [1.29, 1.82) is 0 Å². The Hall–Kier alpha value is -1.62. The van der Waals surface area contributed by atoms with E-state index < -0.39 is 11.2 Å². The van der Waals surface area contributed by atoms with Gasteiger partial charge in [0, 0.05) is 77.3 Å². The Balaban J connectivity index is 0.000000340. The van der Waals surface area contributed by atoms with Gasteiger partial charge in [-0.1, -0.05) is 0 Å². The third-order valence-corrected chi connectivity index (χ3v) is 5.69. The fraction of sp³-hybridized carbons (Fsp3) is 0.917. The first kappa shape index (κ1) is 30.4. The lowest BCUT2D eigenvalue weighted by molar-refractivity contribution is 0.0266. The number of amides is 2. The Morgan fingerprint density at radius 3 is 1.21 bits per heavy atom. The quantitative estimate of drug-likeness (QED) is 0.582. The zero-order chi connectivity index (χ0) is 26.1. The van der Waals surface area contributed by atoms with Crippen molar-refractivity contribution in [3.63, 3.8) is 0 Å². The number of rotatable bonds is 6. The molecular formula is C24H46N2O8. The van der Waals surface area contributed by atoms with Crippen LogP contribution in [0.25, 0.3) is 0 Å². The molecule has 0 bridgehead atoms. The first-order valence-electron chi connectivity index (χ1n) is 11.9. The van der Waals surface area contributed by atoms with Crippen molar-refractivity contribution in [1.82, 2.24) is 9.80 Å². The highest BCUT2D eigenvalue weighted by atomic mass is 16.6. The van der Waals surface area contributed by atoms with Gasteiger partial charge in [-0.2, -0.15) is 0 Å². The zero-order valence-electron chi connectivity index (χ0n) is 22.2. The van der Waals surface area contributed by atoms with Crippen molar-refractivity contribution < 1.29 is 38.7 Å². The van der Waals surface area contributed by atoms with E-state index in [0.717, 1.165) is 0 Å². The van der Waals surface area contributed by atoms with E-state index in [1.807, 2.05) is 41.5 Å². The maximum atomic E-state index is 11.9. The largest absolute Gasteiger partial charge is 0.444 e. The van der Waals surface area contributed by atoms with Gasteiger partial charge in [0.25, 0.3) is 0 Å². The van der Waals surface area contributed by atoms with Gasteiger partial charge in [-0.25, -0.2) is 9.59 Å². The second-order valence-electron chi connectivity index (χ2n) is 11.1. The Kier molecular flexibility index (Phi) is 12.0. The maximum absolute atomic E-state index is 11.9. The first-order chi connectivity index (χ1) is 15.7. The summed E-state index contributed by atoms with van der Waals surface area (Å²) in [6.45, 7) is 14.6. The fourth-order valence-corrected chi connectivity index (χ4v) is 4.05. The van der Waals surface area contributed by atoms with Crippen LogP contribution in [-0.2, 0) is 18.9 Å². The molecule has 34 heavy (non-hydrogen) atoms. The molecule has 0 radical (unpaired) electrons. The van der Waals surface area contributed by atoms with Crippen LogP contribution >= 0.6 is 0 Å². The molecule has 10 nitrogen and oxygen atoms in total. The molecule has 0 spiro atoms. The summed E-state index contributed by atoms with van der Waals surface area (Å²) in [6, 6.07) is 0. The SMILES string of the molecule is COC[C@@H]1CN(C(=O)OC(C)(C)C)C[C@H]1CO.COC[C@H]1CN(C(=O)OC(C)(C)C)C[C@@H]1CO. The predicted molar refractivity (Wildman–Crippen MR) is 127 cm³/mol. The van der Waals surface area contributed by atoms with Gasteiger partial charge in [0.15, 0.2) is 0 Å². The zero-order valence-corrected chi connectivity index (χ0v) is 22.2. The second kappa shape index (κ2) is 13.5. The van der Waals surface area contributed by atoms with Crippen LogP contribution in [0.3, 0.4) is 0 Å². The molecule has 0 saturated carbocycles. The van der Waals surface area contributed by atoms with Crippen LogP contribution in [0.1, 0.15) is 41.5 Å². The normalized spacial score (nSPS) is 25.1. The molecule has 2 N–H and O–H groups in total. The first-order valence-corrected chi connectivity index (χ1v) is 11.9. The van der Waals surface area contributed by atoms with Crippen molar-refractivity contribution in [2.24, 2.45) is 23.7 Å². The molecule has 0 unspecified atom stereocenters. The van der Waals surface area contributed by atoms with E-state index >= 15 is 0 Å². The van der Waals surface area contributed by atoms with E-state index in [1.165, 1.54) is 0 Å². The van der Waals surface area contributed by atoms with Crippen LogP contribution in [0.5, 0.6) is 0 Å². The molecule has 4 atom stereocenters. The number of nitrogens with zero attached hydrogens (tertiary/aromatic N) is 2. The molecule has 200 valence electrons. The van der Waals surface area contributed by atoms with Crippen LogP contribution in [0.2, 0.25) is 0 Å². The molecule has 2 aliphatic heterocycles. The standard InChI is InChI=1S/2C12H23NO4/c2*1-12(2,3)17-11(15)13-5-9(7-14)10(6-13)8-16-4/h2*9-10,14H,5-8H2,1-4H3/t2*9-,10-/m10/s1. The Labute approximate surface area is 204 Å². The van der Waals surface area contributed by atoms with E-state index in [-0.39, 0.29) is 49.1 Å². The van der Waals surface area contributed by atoms with Crippen LogP contribution in [0.4, 0.5) is 9.59 Å². The van der Waals surface area contributed by atoms with Gasteiger partial charge < -0.3 is 39.0 Å². The summed E-state index contributed by atoms with van der Waals surface area (Å²) in [5.74, 6) is 0.556. The second-order valence-corrected chi connectivity index (χ2v) is 11.1. The molecule has 2 heterocycles. The molecule has 0 aromatic carbocycles. The monoisotopic (exact) mass is 490 g/mol. The maximum Gasteiger partial charge on any atom is 0.410 e. The van der Waals surface area contributed by atoms with Crippen LogP contribution in [-0.4, -0.2) is 110 Å². The van der Waals surface area contributed by atoms with E-state index in [1.54, 1.807) is 24.0 Å². The minimum Gasteiger partial charge on any atom is -0.444 e. The van der Waals surface area contributed by atoms with Gasteiger partial charge in [0.2, 0.25) is 0 Å². The highest BCUT2D eigenvalue weighted by Gasteiger charge is 2.37. The Morgan fingerprint density at radius 1 is 0.676 bits per heavy atom. The molecule has 2 aliphatic rings. The molecular weight excluding hydrogens is 444 g/mol. The number of carbonyl (C=O) groups excluding carboxylic acids is 2. The molecule has 0 aromatic rings. The van der Waals surface area contributed by atoms with Crippen molar-refractivity contribution in [2.75, 3.05) is 66.8 Å². The summed E-state index contributed by atoms with van der Waals surface area (Å²) >= 11 is 0. The molecule has 2 amide bonds. The van der Waals surface area contributed by atoms with Gasteiger partial charge >= 0.3 is 12.2 Å². The van der Waals surface area contributed by atoms with Crippen molar-refractivity contribution in [2.45, 2.75) is 52.7 Å². The summed E-state index contributed by atoms with van der Waals surface area (Å²) in [5, 5.41) is 18.5. The van der Waals surface area contributed by atoms with Gasteiger partial charge in [0.05, 0.1) is 13.2 Å². The summed E-state index contributed by atoms with van der Waals surface area (Å²) in [7, 11) is 3.26. The summed E-state index contributed by atoms with van der Waals surface area (Å²) in [6.07, 6.45) is -0.621. The lowest BCUT2D eigenvalue weighted by Crippen LogP contribution is -2.35. The van der Waals surface area contributed by atoms with Crippen molar-refractivity contribution >= 4 is 12.2 Å². The molecule has 2 saturated heterocycles. The molecule has 10 heteroatoms. The number of carbonyl (C=O) groups is 2. The minimum atomic E-state index is -0.481. The highest BCUT2D eigenvalue weighted by molar-refractivity contribution is 5.69. The van der Waals surface area contributed by atoms with E-state index in [0.29, 0.717) is 39.4 Å². The van der Waals surface area contributed by atoms with Crippen LogP contribution in [0.15, 0.2) is 0 Å². The number of ether oxygens (including phenoxy) is 4. The van der Waals surface area contributed by atoms with Crippen LogP contribution < -0.4 is 0 Å². The average Bonchev–Trinajstić information content (AvgIpc) is 3.30. The molecule has 2 rings (SSSR count). The van der Waals surface area contributed by atoms with Gasteiger partial charge in [-0.3, -0.25) is 0 Å². The van der Waals surface area contributed by atoms with Gasteiger partial charge in [-0.15, -0.1) is 0 Å². The lowest BCUT2D eigenvalue weighted by Gasteiger charge is -2.24. The van der Waals surface area contributed by atoms with E-state index in [4.69, 9.17) is 18.9 Å². The molecule has 0 aromatic heterocycles. The van der Waals surface area contributed by atoms with Crippen molar-refractivity contribution in [3.8, 4) is 0 Å². The smallest absolute Gasteiger partial charge is 0.410 e. The molecule has 2 fully saturated rings. The third-order valence-electron chi connectivity index (χ3n) is 5.69. The Bertz CT molecular complexity index is 577. The molecule has 0 aliphatic carbocycles. The number of aliphatic hydroxyl groups is 2. The van der Waals surface area contributed by atoms with Crippen molar-refractivity contribution in [3.05, 3.63) is 0 Å². The summed E-state index contributed by atoms with van der Waals surface area (Å²) < 4.78 is 20.8. The number of hydrogen-bond donors (Lipinski definition) is 2. The lowest BCUT2D eigenvalue weighted by atomic mass is 9.98. The topological polar surface area (TPSA) is 118 Å². The van der Waals surface area contributed by atoms with Gasteiger partial charge in [-0.05, 0) is 41.5 Å². The van der Waals surface area contributed by atoms with E-state index in [2.05, 4.69) is 0 Å². The third kappa shape index (κ3) is 10.3. The number of methoxy groups -OCH3 is 2. The predicted octanol–water partition coefficient (Wildman–Crippen LogP) is 2.22. The minimum absolute atomic E-state index is 0.0767. The average molecular weight is 491 g/mol. The number of aliphatic hydroxyl groups excluding tert-OH is 2. The van der Waals surface area contributed by atoms with Crippen LogP contribution in [0, 0.1) is 23.7 Å². The highest BCUT2D eigenvalue weighted by Crippen LogP contribution is 2.26. The number of likely N-dealkylation sites (tertiary alicyclic amines) is 2. The fourth-order valence-electron chi connectivity index (χ4n) is 4.05.